The van der Waals surface area contributed by atoms with Gasteiger partial charge in [-0.1, -0.05) is 6.07 Å². The number of ether oxygens (including phenoxy) is 2. The van der Waals surface area contributed by atoms with E-state index in [0.29, 0.717) is 22.6 Å². The molecule has 9 heteroatoms. The molecule has 158 valence electrons. The van der Waals surface area contributed by atoms with Gasteiger partial charge in [-0.3, -0.25) is 14.4 Å². The highest BCUT2D eigenvalue weighted by molar-refractivity contribution is 6.01. The second-order valence-electron chi connectivity index (χ2n) is 6.81. The number of rotatable bonds is 9. The van der Waals surface area contributed by atoms with Crippen LogP contribution < -0.4 is 15.2 Å². The second kappa shape index (κ2) is 8.81. The van der Waals surface area contributed by atoms with Crippen molar-refractivity contribution in [3.8, 4) is 11.5 Å². The topological polar surface area (TPSA) is 119 Å². The first-order valence-corrected chi connectivity index (χ1v) is 9.21. The predicted molar refractivity (Wildman–Crippen MR) is 103 cm³/mol. The number of nitrogens with zero attached hydrogens (tertiary/aromatic N) is 1. The van der Waals surface area contributed by atoms with Crippen molar-refractivity contribution in [1.82, 2.24) is 4.90 Å². The van der Waals surface area contributed by atoms with Gasteiger partial charge in [0.2, 0.25) is 5.91 Å². The lowest BCUT2D eigenvalue weighted by Gasteiger charge is -2.24. The number of hydrogen-bond donors (Lipinski definition) is 2. The molecule has 1 heterocycles. The fraction of sp³-hybridized carbons (Fsp3) is 0.286. The molecule has 30 heavy (non-hydrogen) atoms. The van der Waals surface area contributed by atoms with Crippen molar-refractivity contribution in [3.63, 3.8) is 0 Å². The number of carbonyl (C=O) groups is 3. The van der Waals surface area contributed by atoms with Crippen LogP contribution in [0, 0.1) is 5.82 Å². The molecule has 0 fully saturated rings. The smallest absolute Gasteiger partial charge is 0.303 e. The van der Waals surface area contributed by atoms with Gasteiger partial charge in [0.25, 0.3) is 5.91 Å². The van der Waals surface area contributed by atoms with Gasteiger partial charge in [0, 0.05) is 23.1 Å². The Bertz CT molecular complexity index is 993. The normalized spacial score (nSPS) is 13.7. The molecule has 1 atom stereocenters. The van der Waals surface area contributed by atoms with E-state index in [4.69, 9.17) is 20.3 Å². The summed E-state index contributed by atoms with van der Waals surface area (Å²) >= 11 is 0. The van der Waals surface area contributed by atoms with Gasteiger partial charge in [0.1, 0.15) is 30.0 Å². The van der Waals surface area contributed by atoms with E-state index in [9.17, 15) is 18.8 Å². The molecule has 2 aromatic carbocycles. The molecule has 0 saturated carbocycles. The number of halogens is 1. The number of carbonyl (C=O) groups excluding carboxylic acids is 2. The third kappa shape index (κ3) is 4.35. The van der Waals surface area contributed by atoms with Crippen LogP contribution in [-0.2, 0) is 22.7 Å². The Kier molecular flexibility index (Phi) is 6.20. The number of carboxylic acids is 1. The molecule has 2 amide bonds. The molecule has 0 radical (unpaired) electrons. The molecule has 1 aliphatic rings. The molecule has 3 N–H and O–H groups in total. The lowest BCUT2D eigenvalue weighted by molar-refractivity contribution is -0.137. The quantitative estimate of drug-likeness (QED) is 0.646. The number of primary amides is 1. The fourth-order valence-electron chi connectivity index (χ4n) is 3.37. The molecule has 3 rings (SSSR count). The highest BCUT2D eigenvalue weighted by Gasteiger charge is 2.37. The summed E-state index contributed by atoms with van der Waals surface area (Å²) in [5, 5.41) is 8.89. The summed E-state index contributed by atoms with van der Waals surface area (Å²) in [7, 11) is 1.47. The van der Waals surface area contributed by atoms with Crippen LogP contribution in [0.25, 0.3) is 0 Å². The summed E-state index contributed by atoms with van der Waals surface area (Å²) in [6, 6.07) is 8.09. The zero-order valence-electron chi connectivity index (χ0n) is 16.3. The lowest BCUT2D eigenvalue weighted by atomic mass is 10.1. The van der Waals surface area contributed by atoms with Gasteiger partial charge >= 0.3 is 5.97 Å². The maximum atomic E-state index is 14.1. The summed E-state index contributed by atoms with van der Waals surface area (Å²) < 4.78 is 24.9. The SMILES string of the molecule is COc1ccc(F)c(COc2cccc3c2CN(C(CCC(=O)O)C(N)=O)C3=O)c1. The van der Waals surface area contributed by atoms with Crippen LogP contribution in [-0.4, -0.2) is 40.9 Å². The highest BCUT2D eigenvalue weighted by atomic mass is 19.1. The summed E-state index contributed by atoms with van der Waals surface area (Å²) in [6.45, 7) is -0.0515. The van der Waals surface area contributed by atoms with E-state index in [1.165, 1.54) is 30.2 Å². The van der Waals surface area contributed by atoms with Crippen LogP contribution in [0.15, 0.2) is 36.4 Å². The molecule has 1 unspecified atom stereocenters. The predicted octanol–water partition coefficient (Wildman–Crippen LogP) is 2.09. The van der Waals surface area contributed by atoms with Crippen molar-refractivity contribution in [2.45, 2.75) is 32.0 Å². The van der Waals surface area contributed by atoms with Crippen molar-refractivity contribution in [2.24, 2.45) is 5.73 Å². The Morgan fingerprint density at radius 2 is 2.07 bits per heavy atom. The minimum Gasteiger partial charge on any atom is -0.497 e. The minimum absolute atomic E-state index is 0.0398. The van der Waals surface area contributed by atoms with E-state index >= 15 is 0 Å². The molecule has 2 aromatic rings. The van der Waals surface area contributed by atoms with E-state index in [1.807, 2.05) is 0 Å². The largest absolute Gasteiger partial charge is 0.497 e. The summed E-state index contributed by atoms with van der Waals surface area (Å²) in [5.74, 6) is -1.90. The van der Waals surface area contributed by atoms with Gasteiger partial charge in [-0.2, -0.15) is 0 Å². The molecule has 0 saturated heterocycles. The Morgan fingerprint density at radius 3 is 2.73 bits per heavy atom. The van der Waals surface area contributed by atoms with Crippen molar-refractivity contribution < 1.29 is 33.4 Å². The van der Waals surface area contributed by atoms with E-state index in [2.05, 4.69) is 0 Å². The first-order chi connectivity index (χ1) is 14.3. The molecule has 0 spiro atoms. The summed E-state index contributed by atoms with van der Waals surface area (Å²) in [6.07, 6.45) is -0.387. The molecule has 0 aromatic heterocycles. The molecule has 8 nitrogen and oxygen atoms in total. The number of nitrogens with two attached hydrogens (primary N) is 1. The number of methoxy groups -OCH3 is 1. The molecule has 1 aliphatic heterocycles. The molecule has 0 aliphatic carbocycles. The Morgan fingerprint density at radius 1 is 1.30 bits per heavy atom. The van der Waals surface area contributed by atoms with E-state index in [-0.39, 0.29) is 31.6 Å². The first-order valence-electron chi connectivity index (χ1n) is 9.21. The second-order valence-corrected chi connectivity index (χ2v) is 6.81. The fourth-order valence-corrected chi connectivity index (χ4v) is 3.37. The minimum atomic E-state index is -1.09. The average Bonchev–Trinajstić information content (AvgIpc) is 3.04. The standard InChI is InChI=1S/C21H21FN2O6/c1-29-13-5-6-16(22)12(9-13)11-30-18-4-2-3-14-15(18)10-24(21(14)28)17(20(23)27)7-8-19(25)26/h2-6,9,17H,7-8,10-11H2,1H3,(H2,23,27)(H,25,26). The average molecular weight is 416 g/mol. The maximum absolute atomic E-state index is 14.1. The van der Waals surface area contributed by atoms with Crippen LogP contribution in [0.3, 0.4) is 0 Å². The lowest BCUT2D eigenvalue weighted by Crippen LogP contribution is -2.45. The molecular formula is C21H21FN2O6. The number of fused-ring (bicyclic) bond motifs is 1. The van der Waals surface area contributed by atoms with Crippen LogP contribution in [0.4, 0.5) is 4.39 Å². The number of hydrogen-bond acceptors (Lipinski definition) is 5. The van der Waals surface area contributed by atoms with E-state index in [0.717, 1.165) is 0 Å². The van der Waals surface area contributed by atoms with Gasteiger partial charge in [-0.15, -0.1) is 0 Å². The zero-order valence-corrected chi connectivity index (χ0v) is 16.3. The van der Waals surface area contributed by atoms with Gasteiger partial charge in [-0.05, 0) is 36.8 Å². The van der Waals surface area contributed by atoms with Crippen molar-refractivity contribution in [2.75, 3.05) is 7.11 Å². The van der Waals surface area contributed by atoms with E-state index < -0.39 is 29.6 Å². The summed E-state index contributed by atoms with van der Waals surface area (Å²) in [5.41, 5.74) is 6.56. The van der Waals surface area contributed by atoms with Crippen LogP contribution in [0.1, 0.15) is 34.3 Å². The van der Waals surface area contributed by atoms with Gasteiger partial charge in [0.05, 0.1) is 13.7 Å². The maximum Gasteiger partial charge on any atom is 0.303 e. The van der Waals surface area contributed by atoms with E-state index in [1.54, 1.807) is 18.2 Å². The van der Waals surface area contributed by atoms with Crippen molar-refractivity contribution >= 4 is 17.8 Å². The zero-order chi connectivity index (χ0) is 21.8. The molecular weight excluding hydrogens is 395 g/mol. The van der Waals surface area contributed by atoms with Gasteiger partial charge < -0.3 is 25.2 Å². The van der Waals surface area contributed by atoms with Crippen molar-refractivity contribution in [1.29, 1.82) is 0 Å². The monoisotopic (exact) mass is 416 g/mol. The summed E-state index contributed by atoms with van der Waals surface area (Å²) in [4.78, 5) is 36.7. The Balaban J connectivity index is 1.81. The third-order valence-corrected chi connectivity index (χ3v) is 4.93. The van der Waals surface area contributed by atoms with Gasteiger partial charge in [0.15, 0.2) is 0 Å². The number of aliphatic carboxylic acids is 1. The highest BCUT2D eigenvalue weighted by Crippen LogP contribution is 2.33. The number of benzene rings is 2. The number of carboxylic acid groups (broad SMARTS) is 1. The Labute approximate surface area is 172 Å². The van der Waals surface area contributed by atoms with Crippen LogP contribution >= 0.6 is 0 Å². The van der Waals surface area contributed by atoms with Crippen LogP contribution in [0.2, 0.25) is 0 Å². The van der Waals surface area contributed by atoms with Crippen LogP contribution in [0.5, 0.6) is 11.5 Å². The third-order valence-electron chi connectivity index (χ3n) is 4.93. The molecule has 0 bridgehead atoms. The Hall–Kier alpha value is -3.62. The van der Waals surface area contributed by atoms with Crippen molar-refractivity contribution in [3.05, 3.63) is 58.9 Å². The first kappa shape index (κ1) is 21.1. The number of amides is 2. The van der Waals surface area contributed by atoms with Gasteiger partial charge in [-0.25, -0.2) is 4.39 Å².